The van der Waals surface area contributed by atoms with Crippen LogP contribution in [0.3, 0.4) is 0 Å². The molecule has 0 bridgehead atoms. The van der Waals surface area contributed by atoms with Crippen molar-refractivity contribution in [3.63, 3.8) is 0 Å². The van der Waals surface area contributed by atoms with Crippen LogP contribution in [0.15, 0.2) is 30.3 Å². The van der Waals surface area contributed by atoms with Gasteiger partial charge in [-0.1, -0.05) is 0 Å². The number of hydrogen-bond donors (Lipinski definition) is 1. The Balaban J connectivity index is 0.000000236. The molecule has 0 saturated heterocycles. The van der Waals surface area contributed by atoms with E-state index in [0.29, 0.717) is 0 Å². The fourth-order valence-corrected chi connectivity index (χ4v) is 0.534. The standard InChI is InChI=1S/C6H5.C2H7N.Li/c1-2-4-6-5-3-1;1-3-2;/h1-5H;3H,1-2H3;. The number of nitrogens with one attached hydrogen (secondary N) is 1. The first-order chi connectivity index (χ1) is 4.81. The zero-order valence-corrected chi connectivity index (χ0v) is 6.89. The molecule has 50 valence electrons. The summed E-state index contributed by atoms with van der Waals surface area (Å²) in [4.78, 5) is 0. The SMILES string of the molecule is CNC.[Li][c]1ccccc1. The molecule has 0 saturated carbocycles. The Morgan fingerprint density at radius 3 is 1.70 bits per heavy atom. The molecule has 0 amide bonds. The second kappa shape index (κ2) is 6.89. The summed E-state index contributed by atoms with van der Waals surface area (Å²) in [6.07, 6.45) is 0. The van der Waals surface area contributed by atoms with Gasteiger partial charge in [0.2, 0.25) is 0 Å². The predicted octanol–water partition coefficient (Wildman–Crippen LogP) is 0.316. The number of hydrogen-bond acceptors (Lipinski definition) is 1. The summed E-state index contributed by atoms with van der Waals surface area (Å²) in [5.41, 5.74) is 0. The van der Waals surface area contributed by atoms with E-state index in [9.17, 15) is 0 Å². The molecule has 0 aliphatic rings. The van der Waals surface area contributed by atoms with Crippen LogP contribution in [0.4, 0.5) is 0 Å². The van der Waals surface area contributed by atoms with Crippen LogP contribution in [0.25, 0.3) is 0 Å². The van der Waals surface area contributed by atoms with Crippen molar-refractivity contribution in [1.29, 1.82) is 0 Å². The van der Waals surface area contributed by atoms with Gasteiger partial charge in [0, 0.05) is 0 Å². The fourth-order valence-electron chi connectivity index (χ4n) is 0.534. The van der Waals surface area contributed by atoms with Gasteiger partial charge in [-0.15, -0.1) is 0 Å². The molecule has 1 aromatic rings. The average Bonchev–Trinajstić information content (AvgIpc) is 1.91. The van der Waals surface area contributed by atoms with Gasteiger partial charge in [0.15, 0.2) is 0 Å². The van der Waals surface area contributed by atoms with Crippen molar-refractivity contribution >= 4 is 22.0 Å². The maximum absolute atomic E-state index is 2.75. The third-order valence-electron chi connectivity index (χ3n) is 0.940. The minimum atomic E-state index is 1.32. The van der Waals surface area contributed by atoms with E-state index in [1.165, 1.54) is 4.24 Å². The Bertz CT molecular complexity index is 151. The van der Waals surface area contributed by atoms with Crippen LogP contribution in [-0.2, 0) is 0 Å². The van der Waals surface area contributed by atoms with Gasteiger partial charge in [-0.25, -0.2) is 0 Å². The van der Waals surface area contributed by atoms with Gasteiger partial charge in [0.25, 0.3) is 0 Å². The van der Waals surface area contributed by atoms with Gasteiger partial charge >= 0.3 is 52.3 Å². The minimum absolute atomic E-state index is 1.32. The summed E-state index contributed by atoms with van der Waals surface area (Å²) < 4.78 is 1.32. The molecule has 0 unspecified atom stereocenters. The van der Waals surface area contributed by atoms with E-state index in [2.05, 4.69) is 35.2 Å². The van der Waals surface area contributed by atoms with E-state index >= 15 is 0 Å². The van der Waals surface area contributed by atoms with Crippen molar-refractivity contribution < 1.29 is 0 Å². The van der Waals surface area contributed by atoms with Crippen molar-refractivity contribution in [3.05, 3.63) is 30.3 Å². The number of benzene rings is 1. The van der Waals surface area contributed by atoms with Crippen LogP contribution >= 0.6 is 0 Å². The van der Waals surface area contributed by atoms with Gasteiger partial charge in [-0.05, 0) is 14.1 Å². The molecular formula is C8H12LiN. The molecule has 1 rings (SSSR count). The van der Waals surface area contributed by atoms with E-state index in [1.54, 1.807) is 0 Å². The molecule has 0 aliphatic heterocycles. The van der Waals surface area contributed by atoms with Gasteiger partial charge in [0.05, 0.1) is 0 Å². The third-order valence-corrected chi connectivity index (χ3v) is 0.940. The van der Waals surface area contributed by atoms with Crippen molar-refractivity contribution in [3.8, 4) is 0 Å². The molecule has 0 aliphatic carbocycles. The summed E-state index contributed by atoms with van der Waals surface area (Å²) in [6, 6.07) is 10.3. The molecule has 10 heavy (non-hydrogen) atoms. The summed E-state index contributed by atoms with van der Waals surface area (Å²) in [6.45, 7) is 0. The van der Waals surface area contributed by atoms with Gasteiger partial charge < -0.3 is 5.32 Å². The summed E-state index contributed by atoms with van der Waals surface area (Å²) in [5, 5.41) is 2.75. The van der Waals surface area contributed by atoms with E-state index < -0.39 is 0 Å². The fraction of sp³-hybridized carbons (Fsp3) is 0.250. The van der Waals surface area contributed by atoms with Crippen molar-refractivity contribution in [2.45, 2.75) is 0 Å². The van der Waals surface area contributed by atoms with Crippen molar-refractivity contribution in [1.82, 2.24) is 5.32 Å². The van der Waals surface area contributed by atoms with Crippen LogP contribution in [0.5, 0.6) is 0 Å². The second-order valence-corrected chi connectivity index (χ2v) is 2.15. The maximum atomic E-state index is 2.75. The van der Waals surface area contributed by atoms with Crippen molar-refractivity contribution in [2.75, 3.05) is 14.1 Å². The van der Waals surface area contributed by atoms with Crippen molar-refractivity contribution in [2.24, 2.45) is 0 Å². The Hall–Kier alpha value is -0.223. The average molecular weight is 129 g/mol. The molecule has 1 nitrogen and oxygen atoms in total. The van der Waals surface area contributed by atoms with Crippen LogP contribution in [0.2, 0.25) is 0 Å². The molecule has 1 N–H and O–H groups in total. The molecule has 0 atom stereocenters. The quantitative estimate of drug-likeness (QED) is 0.497. The zero-order valence-electron chi connectivity index (χ0n) is 6.89. The summed E-state index contributed by atoms with van der Waals surface area (Å²) in [7, 11) is 3.75. The molecule has 0 heterocycles. The normalized spacial score (nSPS) is 8.00. The molecule has 0 fully saturated rings. The van der Waals surface area contributed by atoms with Gasteiger partial charge in [0.1, 0.15) is 0 Å². The molecular weight excluding hydrogens is 117 g/mol. The first-order valence-corrected chi connectivity index (χ1v) is 3.41. The Morgan fingerprint density at radius 2 is 1.50 bits per heavy atom. The Morgan fingerprint density at radius 1 is 1.10 bits per heavy atom. The molecule has 0 spiro atoms. The molecule has 2 heteroatoms. The zero-order chi connectivity index (χ0) is 7.82. The van der Waals surface area contributed by atoms with Crippen LogP contribution < -0.4 is 9.55 Å². The Labute approximate surface area is 72.0 Å². The van der Waals surface area contributed by atoms with Crippen LogP contribution in [-0.4, -0.2) is 31.8 Å². The first kappa shape index (κ1) is 9.78. The van der Waals surface area contributed by atoms with Gasteiger partial charge in [-0.2, -0.15) is 0 Å². The second-order valence-electron chi connectivity index (χ2n) is 2.15. The van der Waals surface area contributed by atoms with E-state index in [1.807, 2.05) is 32.3 Å². The van der Waals surface area contributed by atoms with Gasteiger partial charge in [-0.3, -0.25) is 0 Å². The van der Waals surface area contributed by atoms with E-state index in [0.717, 1.165) is 0 Å². The monoisotopic (exact) mass is 129 g/mol. The van der Waals surface area contributed by atoms with Crippen LogP contribution in [0, 0.1) is 0 Å². The first-order valence-electron chi connectivity index (χ1n) is 3.41. The summed E-state index contributed by atoms with van der Waals surface area (Å²) in [5.74, 6) is 0. The summed E-state index contributed by atoms with van der Waals surface area (Å²) >= 11 is 2.08. The molecule has 1 aromatic carbocycles. The molecule has 0 radical (unpaired) electrons. The van der Waals surface area contributed by atoms with E-state index in [4.69, 9.17) is 0 Å². The third kappa shape index (κ3) is 5.91. The number of rotatable bonds is 0. The molecule has 0 aromatic heterocycles. The van der Waals surface area contributed by atoms with Crippen LogP contribution in [0.1, 0.15) is 0 Å². The predicted molar refractivity (Wildman–Crippen MR) is 46.8 cm³/mol. The topological polar surface area (TPSA) is 12.0 Å². The van der Waals surface area contributed by atoms with E-state index in [-0.39, 0.29) is 0 Å². The Kier molecular flexibility index (Phi) is 6.74.